The molecule has 1 aliphatic rings. The van der Waals surface area contributed by atoms with Gasteiger partial charge in [-0.1, -0.05) is 54.9 Å². The molecule has 0 fully saturated rings. The highest BCUT2D eigenvalue weighted by Gasteiger charge is 2.42. The smallest absolute Gasteiger partial charge is 0.283 e. The number of amides is 2. The number of hydrogen-bond acceptors (Lipinski definition) is 6. The van der Waals surface area contributed by atoms with E-state index in [4.69, 9.17) is 5.73 Å². The Morgan fingerprint density at radius 3 is 2.14 bits per heavy atom. The minimum atomic E-state index is -4.15. The van der Waals surface area contributed by atoms with Crippen LogP contribution in [0, 0.1) is 6.92 Å². The summed E-state index contributed by atoms with van der Waals surface area (Å²) in [6.07, 6.45) is 3.00. The number of carbonyl (C=O) groups excluding carboxylic acids is 2. The van der Waals surface area contributed by atoms with E-state index in [0.717, 1.165) is 47.1 Å². The number of unbranched alkanes of at least 4 members (excludes halogenated alkanes) is 1. The number of rotatable bonds is 9. The van der Waals surface area contributed by atoms with Crippen LogP contribution in [0.4, 0.5) is 11.4 Å². The molecule has 0 spiro atoms. The van der Waals surface area contributed by atoms with Crippen LogP contribution in [0.5, 0.6) is 0 Å². The maximum atomic E-state index is 13.5. The monoisotopic (exact) mass is 521 g/mol. The highest BCUT2D eigenvalue weighted by Crippen LogP contribution is 2.37. The molecule has 0 saturated carbocycles. The van der Waals surface area contributed by atoms with Gasteiger partial charge in [0.2, 0.25) is 0 Å². The second-order valence-corrected chi connectivity index (χ2v) is 11.3. The fourth-order valence-corrected chi connectivity index (χ4v) is 5.75. The first kappa shape index (κ1) is 25.5. The van der Waals surface area contributed by atoms with Crippen molar-refractivity contribution in [2.45, 2.75) is 42.9 Å². The molecule has 0 atom stereocenters. The second-order valence-electron chi connectivity index (χ2n) is 8.51. The Kier molecular flexibility index (Phi) is 7.51. The second kappa shape index (κ2) is 10.6. The van der Waals surface area contributed by atoms with Gasteiger partial charge in [0, 0.05) is 10.6 Å². The number of anilines is 2. The van der Waals surface area contributed by atoms with Gasteiger partial charge in [0.05, 0.1) is 10.6 Å². The van der Waals surface area contributed by atoms with Crippen molar-refractivity contribution in [3.63, 3.8) is 0 Å². The van der Waals surface area contributed by atoms with Crippen LogP contribution in [0.15, 0.2) is 93.2 Å². The Balaban J connectivity index is 1.71. The molecule has 1 aliphatic heterocycles. The summed E-state index contributed by atoms with van der Waals surface area (Å²) in [6.45, 7) is 4.05. The Hall–Kier alpha value is -3.56. The molecule has 0 radical (unpaired) electrons. The van der Waals surface area contributed by atoms with Gasteiger partial charge in [0.1, 0.15) is 10.6 Å². The summed E-state index contributed by atoms with van der Waals surface area (Å²) in [5.74, 6) is -1.31. The number of nitrogen functional groups attached to an aromatic ring is 1. The number of hydrogen-bond donors (Lipinski definition) is 2. The van der Waals surface area contributed by atoms with Crippen LogP contribution in [-0.2, 0) is 26.0 Å². The predicted octanol–water partition coefficient (Wildman–Crippen LogP) is 4.78. The van der Waals surface area contributed by atoms with Gasteiger partial charge in [0.15, 0.2) is 0 Å². The molecule has 186 valence electrons. The molecule has 0 bridgehead atoms. The van der Waals surface area contributed by atoms with Crippen LogP contribution in [0.2, 0.25) is 0 Å². The van der Waals surface area contributed by atoms with Crippen LogP contribution in [0.3, 0.4) is 0 Å². The van der Waals surface area contributed by atoms with Crippen molar-refractivity contribution in [2.75, 3.05) is 10.6 Å². The van der Waals surface area contributed by atoms with E-state index in [0.29, 0.717) is 16.3 Å². The maximum Gasteiger partial charge on any atom is 0.283 e. The largest absolute Gasteiger partial charge is 0.399 e. The number of carbonyl (C=O) groups is 2. The van der Waals surface area contributed by atoms with Crippen molar-refractivity contribution in [3.8, 4) is 0 Å². The number of nitrogens with one attached hydrogen (secondary N) is 1. The third-order valence-corrected chi connectivity index (χ3v) is 8.18. The van der Waals surface area contributed by atoms with Crippen LogP contribution >= 0.6 is 11.8 Å². The highest BCUT2D eigenvalue weighted by atomic mass is 32.2. The van der Waals surface area contributed by atoms with Gasteiger partial charge in [-0.15, -0.1) is 0 Å². The number of nitrogens with zero attached hydrogens (tertiary/aromatic N) is 1. The fourth-order valence-electron chi connectivity index (χ4n) is 3.69. The van der Waals surface area contributed by atoms with Crippen molar-refractivity contribution in [1.82, 2.24) is 4.72 Å². The van der Waals surface area contributed by atoms with E-state index in [1.54, 1.807) is 12.1 Å². The minimum Gasteiger partial charge on any atom is -0.399 e. The topological polar surface area (TPSA) is 110 Å². The van der Waals surface area contributed by atoms with E-state index >= 15 is 0 Å². The first-order chi connectivity index (χ1) is 17.2. The molecule has 1 heterocycles. The molecule has 0 aliphatic carbocycles. The minimum absolute atomic E-state index is 0.0120. The number of benzene rings is 3. The van der Waals surface area contributed by atoms with Gasteiger partial charge in [-0.05, 0) is 73.9 Å². The molecule has 2 amide bonds. The molecule has 0 unspecified atom stereocenters. The number of sulfonamides is 1. The molecular formula is C27H27N3O4S2. The molecule has 36 heavy (non-hydrogen) atoms. The van der Waals surface area contributed by atoms with E-state index in [2.05, 4.69) is 11.6 Å². The van der Waals surface area contributed by atoms with Gasteiger partial charge >= 0.3 is 0 Å². The molecule has 0 aromatic heterocycles. The molecular weight excluding hydrogens is 494 g/mol. The SMILES string of the molecule is CCCCc1ccc(N2C(=O)C(NS(=O)(=O)c3ccc(N)cc3)=C(Sc3ccc(C)cc3)C2=O)cc1. The Bertz CT molecular complexity index is 1410. The normalized spacial score (nSPS) is 14.0. The molecule has 4 rings (SSSR count). The van der Waals surface area contributed by atoms with Crippen molar-refractivity contribution in [2.24, 2.45) is 0 Å². The zero-order valence-electron chi connectivity index (χ0n) is 20.0. The summed E-state index contributed by atoms with van der Waals surface area (Å²) in [7, 11) is -4.15. The Labute approximate surface area is 215 Å². The zero-order valence-corrected chi connectivity index (χ0v) is 21.7. The third kappa shape index (κ3) is 5.47. The molecule has 0 saturated heterocycles. The van der Waals surface area contributed by atoms with Gasteiger partial charge in [-0.25, -0.2) is 13.3 Å². The summed E-state index contributed by atoms with van der Waals surface area (Å²) in [5, 5.41) is 0. The van der Waals surface area contributed by atoms with E-state index in [1.807, 2.05) is 43.3 Å². The van der Waals surface area contributed by atoms with Crippen molar-refractivity contribution >= 4 is 45.0 Å². The van der Waals surface area contributed by atoms with Gasteiger partial charge in [0.25, 0.3) is 21.8 Å². The number of nitrogens with two attached hydrogens (primary N) is 1. The number of thioether (sulfide) groups is 1. The maximum absolute atomic E-state index is 13.5. The summed E-state index contributed by atoms with van der Waals surface area (Å²) < 4.78 is 28.6. The summed E-state index contributed by atoms with van der Waals surface area (Å²) in [5.41, 5.74) is 8.33. The first-order valence-electron chi connectivity index (χ1n) is 11.5. The fraction of sp³-hybridized carbons (Fsp3) is 0.185. The lowest BCUT2D eigenvalue weighted by Gasteiger charge is -2.16. The van der Waals surface area contributed by atoms with Crippen LogP contribution in [0.25, 0.3) is 0 Å². The lowest BCUT2D eigenvalue weighted by molar-refractivity contribution is -0.120. The quantitative estimate of drug-likeness (QED) is 0.310. The average molecular weight is 522 g/mol. The summed E-state index contributed by atoms with van der Waals surface area (Å²) in [4.78, 5) is 28.6. The molecule has 3 N–H and O–H groups in total. The van der Waals surface area contributed by atoms with Crippen molar-refractivity contribution in [3.05, 3.63) is 94.5 Å². The van der Waals surface area contributed by atoms with Crippen molar-refractivity contribution in [1.29, 1.82) is 0 Å². The van der Waals surface area contributed by atoms with Crippen LogP contribution in [0.1, 0.15) is 30.9 Å². The van der Waals surface area contributed by atoms with Crippen molar-refractivity contribution < 1.29 is 18.0 Å². The van der Waals surface area contributed by atoms with E-state index in [9.17, 15) is 18.0 Å². The highest BCUT2D eigenvalue weighted by molar-refractivity contribution is 8.04. The molecule has 7 nitrogen and oxygen atoms in total. The molecule has 3 aromatic rings. The first-order valence-corrected chi connectivity index (χ1v) is 13.8. The van der Waals surface area contributed by atoms with E-state index < -0.39 is 21.8 Å². The van der Waals surface area contributed by atoms with Gasteiger partial charge < -0.3 is 5.73 Å². The summed E-state index contributed by atoms with van der Waals surface area (Å²) >= 11 is 1.05. The molecule has 9 heteroatoms. The van der Waals surface area contributed by atoms with Gasteiger partial charge in [-0.2, -0.15) is 0 Å². The third-order valence-electron chi connectivity index (χ3n) is 5.72. The van der Waals surface area contributed by atoms with Gasteiger partial charge in [-0.3, -0.25) is 14.3 Å². The lowest BCUT2D eigenvalue weighted by Crippen LogP contribution is -2.35. The summed E-state index contributed by atoms with van der Waals surface area (Å²) in [6, 6.07) is 20.2. The Morgan fingerprint density at radius 2 is 1.53 bits per heavy atom. The van der Waals surface area contributed by atoms with Crippen LogP contribution in [-0.4, -0.2) is 20.2 Å². The predicted molar refractivity (Wildman–Crippen MR) is 143 cm³/mol. The van der Waals surface area contributed by atoms with E-state index in [1.165, 1.54) is 24.3 Å². The lowest BCUT2D eigenvalue weighted by atomic mass is 10.1. The van der Waals surface area contributed by atoms with Crippen LogP contribution < -0.4 is 15.4 Å². The van der Waals surface area contributed by atoms with E-state index in [-0.39, 0.29) is 15.5 Å². The molecule has 3 aromatic carbocycles. The zero-order chi connectivity index (χ0) is 25.9. The standard InChI is InChI=1S/C27H27N3O4S2/c1-3-4-5-19-8-12-21(13-9-19)30-26(31)24(29-36(33,34)23-16-10-20(28)11-17-23)25(27(30)32)35-22-14-6-18(2)7-15-22/h6-17,29H,3-5,28H2,1-2H3. The number of imide groups is 1. The Morgan fingerprint density at radius 1 is 0.889 bits per heavy atom. The number of aryl methyl sites for hydroxylation is 2. The average Bonchev–Trinajstić information content (AvgIpc) is 3.08.